The molecule has 152 valence electrons. The summed E-state index contributed by atoms with van der Waals surface area (Å²) in [6, 6.07) is 10.1. The van der Waals surface area contributed by atoms with Crippen molar-refractivity contribution in [3.05, 3.63) is 64.0 Å². The maximum absolute atomic E-state index is 12.4. The van der Waals surface area contributed by atoms with Gasteiger partial charge < -0.3 is 15.1 Å². The molecular formula is C20H23N5O4. The van der Waals surface area contributed by atoms with Crippen molar-refractivity contribution in [2.45, 2.75) is 13.3 Å². The fourth-order valence-corrected chi connectivity index (χ4v) is 3.29. The summed E-state index contributed by atoms with van der Waals surface area (Å²) in [5, 5.41) is 14.4. The van der Waals surface area contributed by atoms with Crippen LogP contribution in [0.4, 0.5) is 11.4 Å². The van der Waals surface area contributed by atoms with Crippen LogP contribution in [-0.2, 0) is 11.2 Å². The Morgan fingerprint density at radius 3 is 2.55 bits per heavy atom. The Morgan fingerprint density at radius 1 is 1.17 bits per heavy atom. The fourth-order valence-electron chi connectivity index (χ4n) is 3.29. The van der Waals surface area contributed by atoms with Crippen molar-refractivity contribution in [3.8, 4) is 0 Å². The Balaban J connectivity index is 1.66. The summed E-state index contributed by atoms with van der Waals surface area (Å²) < 4.78 is 0. The number of amides is 2. The van der Waals surface area contributed by atoms with E-state index >= 15 is 0 Å². The minimum Gasteiger partial charge on any atom is -0.362 e. The molecule has 0 atom stereocenters. The molecule has 29 heavy (non-hydrogen) atoms. The molecule has 2 aromatic rings. The zero-order chi connectivity index (χ0) is 20.8. The van der Waals surface area contributed by atoms with Crippen molar-refractivity contribution >= 4 is 23.2 Å². The van der Waals surface area contributed by atoms with Gasteiger partial charge >= 0.3 is 0 Å². The highest BCUT2D eigenvalue weighted by Crippen LogP contribution is 2.30. The van der Waals surface area contributed by atoms with Gasteiger partial charge in [-0.15, -0.1) is 0 Å². The van der Waals surface area contributed by atoms with Crippen molar-refractivity contribution in [3.63, 3.8) is 0 Å². The number of rotatable bonds is 6. The summed E-state index contributed by atoms with van der Waals surface area (Å²) in [6.45, 7) is 3.95. The highest BCUT2D eigenvalue weighted by atomic mass is 16.6. The van der Waals surface area contributed by atoms with Gasteiger partial charge in [0.2, 0.25) is 5.91 Å². The molecule has 9 heteroatoms. The highest BCUT2D eigenvalue weighted by molar-refractivity contribution is 5.95. The largest absolute Gasteiger partial charge is 0.362 e. The molecule has 9 nitrogen and oxygen atoms in total. The average Bonchev–Trinajstić information content (AvgIpc) is 2.74. The first-order valence-electron chi connectivity index (χ1n) is 9.42. The zero-order valence-corrected chi connectivity index (χ0v) is 16.2. The van der Waals surface area contributed by atoms with Gasteiger partial charge in [0.05, 0.1) is 4.92 Å². The molecule has 2 heterocycles. The molecule has 0 unspecified atom stereocenters. The van der Waals surface area contributed by atoms with E-state index < -0.39 is 4.92 Å². The Labute approximate surface area is 168 Å². The summed E-state index contributed by atoms with van der Waals surface area (Å²) in [6.07, 6.45) is 2.27. The van der Waals surface area contributed by atoms with Crippen LogP contribution in [-0.4, -0.2) is 59.3 Å². The maximum Gasteiger partial charge on any atom is 0.293 e. The smallest absolute Gasteiger partial charge is 0.293 e. The quantitative estimate of drug-likeness (QED) is 0.586. The predicted molar refractivity (Wildman–Crippen MR) is 108 cm³/mol. The Morgan fingerprint density at radius 2 is 1.93 bits per heavy atom. The molecule has 1 saturated heterocycles. The summed E-state index contributed by atoms with van der Waals surface area (Å²) in [5.74, 6) is -0.367. The van der Waals surface area contributed by atoms with Gasteiger partial charge in [-0.05, 0) is 24.3 Å². The molecule has 2 amide bonds. The second kappa shape index (κ2) is 9.13. The van der Waals surface area contributed by atoms with Gasteiger partial charge in [-0.1, -0.05) is 6.07 Å². The van der Waals surface area contributed by atoms with E-state index in [1.807, 2.05) is 23.1 Å². The van der Waals surface area contributed by atoms with Crippen molar-refractivity contribution in [2.75, 3.05) is 37.6 Å². The van der Waals surface area contributed by atoms with E-state index in [1.54, 1.807) is 23.2 Å². The molecule has 0 bridgehead atoms. The van der Waals surface area contributed by atoms with Crippen molar-refractivity contribution in [2.24, 2.45) is 0 Å². The first-order chi connectivity index (χ1) is 14.0. The number of nitrogens with zero attached hydrogens (tertiary/aromatic N) is 4. The number of hydrogen-bond acceptors (Lipinski definition) is 6. The summed E-state index contributed by atoms with van der Waals surface area (Å²) >= 11 is 0. The van der Waals surface area contributed by atoms with Crippen LogP contribution < -0.4 is 10.2 Å². The number of carbonyl (C=O) groups excluding carboxylic acids is 2. The number of nitro benzene ring substituents is 1. The summed E-state index contributed by atoms with van der Waals surface area (Å²) in [4.78, 5) is 42.8. The standard InChI is InChI=1S/C20H23N5O4/c1-15(26)23-10-12-24(13-11-23)18-6-5-16(14-19(18)25(28)29)20(27)22-9-7-17-4-2-3-8-21-17/h2-6,8,14H,7,9-13H2,1H3,(H,22,27). The topological polar surface area (TPSA) is 109 Å². The van der Waals surface area contributed by atoms with Crippen LogP contribution in [0, 0.1) is 10.1 Å². The average molecular weight is 397 g/mol. The van der Waals surface area contributed by atoms with Gasteiger partial charge in [-0.25, -0.2) is 0 Å². The molecule has 0 saturated carbocycles. The van der Waals surface area contributed by atoms with Gasteiger partial charge in [0, 0.05) is 69.6 Å². The minimum atomic E-state index is -0.475. The van der Waals surface area contributed by atoms with Crippen LogP contribution >= 0.6 is 0 Å². The number of nitro groups is 1. The molecule has 3 rings (SSSR count). The van der Waals surface area contributed by atoms with Gasteiger partial charge in [0.1, 0.15) is 5.69 Å². The summed E-state index contributed by atoms with van der Waals surface area (Å²) in [7, 11) is 0. The number of carbonyl (C=O) groups is 2. The second-order valence-electron chi connectivity index (χ2n) is 6.78. The van der Waals surface area contributed by atoms with E-state index in [0.29, 0.717) is 44.8 Å². The Hall–Kier alpha value is -3.49. The number of hydrogen-bond donors (Lipinski definition) is 1. The third-order valence-electron chi connectivity index (χ3n) is 4.89. The van der Waals surface area contributed by atoms with Crippen LogP contribution in [0.3, 0.4) is 0 Å². The second-order valence-corrected chi connectivity index (χ2v) is 6.78. The van der Waals surface area contributed by atoms with E-state index in [9.17, 15) is 19.7 Å². The fraction of sp³-hybridized carbons (Fsp3) is 0.350. The zero-order valence-electron chi connectivity index (χ0n) is 16.2. The van der Waals surface area contributed by atoms with E-state index in [2.05, 4.69) is 10.3 Å². The van der Waals surface area contributed by atoms with Crippen molar-refractivity contribution in [1.29, 1.82) is 0 Å². The van der Waals surface area contributed by atoms with E-state index in [-0.39, 0.29) is 23.1 Å². The third-order valence-corrected chi connectivity index (χ3v) is 4.89. The lowest BCUT2D eigenvalue weighted by atomic mass is 10.1. The number of aromatic nitrogens is 1. The molecule has 1 fully saturated rings. The van der Waals surface area contributed by atoms with Crippen LogP contribution in [0.2, 0.25) is 0 Å². The molecule has 1 aromatic carbocycles. The molecule has 1 N–H and O–H groups in total. The predicted octanol–water partition coefficient (Wildman–Crippen LogP) is 1.63. The molecule has 0 spiro atoms. The van der Waals surface area contributed by atoms with Gasteiger partial charge in [0.15, 0.2) is 0 Å². The lowest BCUT2D eigenvalue weighted by Gasteiger charge is -2.35. The third kappa shape index (κ3) is 5.07. The SMILES string of the molecule is CC(=O)N1CCN(c2ccc(C(=O)NCCc3ccccn3)cc2[N+](=O)[O-])CC1. The van der Waals surface area contributed by atoms with Crippen LogP contribution in [0.15, 0.2) is 42.6 Å². The lowest BCUT2D eigenvalue weighted by molar-refractivity contribution is -0.384. The number of nitrogens with one attached hydrogen (secondary N) is 1. The molecule has 1 aliphatic heterocycles. The molecule has 0 radical (unpaired) electrons. The van der Waals surface area contributed by atoms with Gasteiger partial charge in [-0.2, -0.15) is 0 Å². The summed E-state index contributed by atoms with van der Waals surface area (Å²) in [5.41, 5.74) is 1.45. The number of benzene rings is 1. The molecular weight excluding hydrogens is 374 g/mol. The van der Waals surface area contributed by atoms with Crippen LogP contribution in [0.5, 0.6) is 0 Å². The highest BCUT2D eigenvalue weighted by Gasteiger charge is 2.25. The molecule has 0 aliphatic carbocycles. The molecule has 1 aliphatic rings. The lowest BCUT2D eigenvalue weighted by Crippen LogP contribution is -2.48. The van der Waals surface area contributed by atoms with Crippen molar-refractivity contribution in [1.82, 2.24) is 15.2 Å². The molecule has 1 aromatic heterocycles. The van der Waals surface area contributed by atoms with E-state index in [0.717, 1.165) is 5.69 Å². The Kier molecular flexibility index (Phi) is 6.38. The number of piperazine rings is 1. The first kappa shape index (κ1) is 20.2. The number of pyridine rings is 1. The van der Waals surface area contributed by atoms with Gasteiger partial charge in [-0.3, -0.25) is 24.7 Å². The number of anilines is 1. The monoisotopic (exact) mass is 397 g/mol. The van der Waals surface area contributed by atoms with Gasteiger partial charge in [0.25, 0.3) is 11.6 Å². The van der Waals surface area contributed by atoms with Crippen LogP contribution in [0.1, 0.15) is 23.0 Å². The van der Waals surface area contributed by atoms with Crippen LogP contribution in [0.25, 0.3) is 0 Å². The van der Waals surface area contributed by atoms with Crippen molar-refractivity contribution < 1.29 is 14.5 Å². The normalized spacial score (nSPS) is 13.8. The first-order valence-corrected chi connectivity index (χ1v) is 9.42. The Bertz CT molecular complexity index is 895. The van der Waals surface area contributed by atoms with E-state index in [1.165, 1.54) is 13.0 Å². The van der Waals surface area contributed by atoms with E-state index in [4.69, 9.17) is 0 Å². The maximum atomic E-state index is 12.4. The minimum absolute atomic E-state index is 0.00290.